The van der Waals surface area contributed by atoms with E-state index in [0.717, 1.165) is 0 Å². The van der Waals surface area contributed by atoms with Gasteiger partial charge in [-0.15, -0.1) is 0 Å². The van der Waals surface area contributed by atoms with Gasteiger partial charge < -0.3 is 15.3 Å². The first-order valence-electron chi connectivity index (χ1n) is 7.26. The summed E-state index contributed by atoms with van der Waals surface area (Å²) < 4.78 is 0. The summed E-state index contributed by atoms with van der Waals surface area (Å²) in [5.74, 6) is -1.12. The number of nitrogens with zero attached hydrogens (tertiary/aromatic N) is 2. The summed E-state index contributed by atoms with van der Waals surface area (Å²) in [5, 5.41) is 11.8. The normalized spacial score (nSPS) is 16.6. The van der Waals surface area contributed by atoms with Gasteiger partial charge in [0.15, 0.2) is 0 Å². The number of hydrogen-bond donors (Lipinski definition) is 2. The molecule has 1 aliphatic rings. The van der Waals surface area contributed by atoms with Crippen molar-refractivity contribution in [3.05, 3.63) is 0 Å². The number of likely N-dealkylation sites (N-methyl/N-ethyl adjacent to an activating group) is 1. The van der Waals surface area contributed by atoms with Crippen LogP contribution in [0.1, 0.15) is 27.2 Å². The van der Waals surface area contributed by atoms with Crippen LogP contribution in [-0.2, 0) is 14.4 Å². The Labute approximate surface area is 125 Å². The molecule has 21 heavy (non-hydrogen) atoms. The third-order valence-corrected chi connectivity index (χ3v) is 3.64. The molecule has 0 aromatic carbocycles. The molecule has 0 aliphatic carbocycles. The zero-order valence-corrected chi connectivity index (χ0v) is 13.0. The van der Waals surface area contributed by atoms with Crippen LogP contribution < -0.4 is 5.32 Å². The number of aliphatic carboxylic acids is 1. The predicted octanol–water partition coefficient (Wildman–Crippen LogP) is -0.232. The summed E-state index contributed by atoms with van der Waals surface area (Å²) in [4.78, 5) is 38.3. The third-order valence-electron chi connectivity index (χ3n) is 3.64. The Morgan fingerprint density at radius 1 is 1.14 bits per heavy atom. The highest BCUT2D eigenvalue weighted by Crippen LogP contribution is 2.22. The molecule has 2 N–H and O–H groups in total. The van der Waals surface area contributed by atoms with Crippen molar-refractivity contribution in [2.75, 3.05) is 39.3 Å². The second kappa shape index (κ2) is 7.40. The SMILES string of the molecule is CCNC(=O)CN1CCN(C(=O)CC(C)(C)C(=O)O)CC1. The summed E-state index contributed by atoms with van der Waals surface area (Å²) >= 11 is 0. The van der Waals surface area contributed by atoms with E-state index >= 15 is 0 Å². The van der Waals surface area contributed by atoms with Gasteiger partial charge >= 0.3 is 5.97 Å². The molecule has 7 nitrogen and oxygen atoms in total. The van der Waals surface area contributed by atoms with Crippen LogP contribution in [0.2, 0.25) is 0 Å². The van der Waals surface area contributed by atoms with Gasteiger partial charge in [-0.1, -0.05) is 0 Å². The maximum absolute atomic E-state index is 12.1. The Hall–Kier alpha value is -1.63. The maximum atomic E-state index is 12.1. The first-order valence-corrected chi connectivity index (χ1v) is 7.26. The number of piperazine rings is 1. The van der Waals surface area contributed by atoms with Crippen molar-refractivity contribution in [2.24, 2.45) is 5.41 Å². The minimum Gasteiger partial charge on any atom is -0.481 e. The van der Waals surface area contributed by atoms with Gasteiger partial charge in [-0.2, -0.15) is 0 Å². The number of carbonyl (C=O) groups is 3. The molecular weight excluding hydrogens is 274 g/mol. The molecule has 0 bridgehead atoms. The van der Waals surface area contributed by atoms with E-state index in [1.165, 1.54) is 0 Å². The number of amides is 2. The number of carboxylic acid groups (broad SMARTS) is 1. The lowest BCUT2D eigenvalue weighted by molar-refractivity contribution is -0.152. The molecule has 1 fully saturated rings. The van der Waals surface area contributed by atoms with Crippen LogP contribution in [0.4, 0.5) is 0 Å². The lowest BCUT2D eigenvalue weighted by atomic mass is 9.89. The monoisotopic (exact) mass is 299 g/mol. The van der Waals surface area contributed by atoms with Gasteiger partial charge in [0.05, 0.1) is 12.0 Å². The molecule has 0 unspecified atom stereocenters. The van der Waals surface area contributed by atoms with Crippen molar-refractivity contribution in [1.82, 2.24) is 15.1 Å². The summed E-state index contributed by atoms with van der Waals surface area (Å²) in [7, 11) is 0. The molecule has 1 heterocycles. The molecule has 7 heteroatoms. The first kappa shape index (κ1) is 17.4. The van der Waals surface area contributed by atoms with E-state index in [4.69, 9.17) is 5.11 Å². The molecule has 0 saturated carbocycles. The molecule has 0 atom stereocenters. The van der Waals surface area contributed by atoms with E-state index in [0.29, 0.717) is 39.3 Å². The molecule has 0 aromatic heterocycles. The van der Waals surface area contributed by atoms with Crippen LogP contribution in [-0.4, -0.2) is 72.0 Å². The largest absolute Gasteiger partial charge is 0.481 e. The second-order valence-electron chi connectivity index (χ2n) is 5.98. The second-order valence-corrected chi connectivity index (χ2v) is 5.98. The number of nitrogens with one attached hydrogen (secondary N) is 1. The molecule has 0 aromatic rings. The van der Waals surface area contributed by atoms with Gasteiger partial charge in [-0.05, 0) is 20.8 Å². The molecule has 1 saturated heterocycles. The van der Waals surface area contributed by atoms with Gasteiger partial charge in [0, 0.05) is 39.1 Å². The lowest BCUT2D eigenvalue weighted by Crippen LogP contribution is -2.51. The van der Waals surface area contributed by atoms with E-state index < -0.39 is 11.4 Å². The van der Waals surface area contributed by atoms with Crippen molar-refractivity contribution in [3.63, 3.8) is 0 Å². The van der Waals surface area contributed by atoms with Crippen LogP contribution in [0.25, 0.3) is 0 Å². The van der Waals surface area contributed by atoms with Crippen molar-refractivity contribution < 1.29 is 19.5 Å². The van der Waals surface area contributed by atoms with E-state index in [-0.39, 0.29) is 18.2 Å². The fourth-order valence-electron chi connectivity index (χ4n) is 2.18. The number of rotatable bonds is 6. The Kier molecular flexibility index (Phi) is 6.14. The Morgan fingerprint density at radius 2 is 1.71 bits per heavy atom. The topological polar surface area (TPSA) is 90.0 Å². The Balaban J connectivity index is 2.40. The zero-order chi connectivity index (χ0) is 16.0. The van der Waals surface area contributed by atoms with Crippen LogP contribution in [0.5, 0.6) is 0 Å². The molecule has 0 spiro atoms. The van der Waals surface area contributed by atoms with Crippen molar-refractivity contribution in [3.8, 4) is 0 Å². The fraction of sp³-hybridized carbons (Fsp3) is 0.786. The number of hydrogen-bond acceptors (Lipinski definition) is 4. The van der Waals surface area contributed by atoms with Crippen molar-refractivity contribution in [1.29, 1.82) is 0 Å². The minimum atomic E-state index is -1.05. The Bertz CT molecular complexity index is 401. The highest BCUT2D eigenvalue weighted by molar-refractivity contribution is 5.84. The van der Waals surface area contributed by atoms with Gasteiger partial charge in [0.2, 0.25) is 11.8 Å². The smallest absolute Gasteiger partial charge is 0.309 e. The molecule has 120 valence electrons. The average molecular weight is 299 g/mol. The van der Waals surface area contributed by atoms with Crippen LogP contribution in [0.15, 0.2) is 0 Å². The standard InChI is InChI=1S/C14H25N3O4/c1-4-15-11(18)10-16-5-7-17(8-6-16)12(19)9-14(2,3)13(20)21/h4-10H2,1-3H3,(H,15,18)(H,20,21). The average Bonchev–Trinajstić information content (AvgIpc) is 2.39. The van der Waals surface area contributed by atoms with Gasteiger partial charge in [0.25, 0.3) is 0 Å². The number of carboxylic acids is 1. The lowest BCUT2D eigenvalue weighted by Gasteiger charge is -2.35. The summed E-state index contributed by atoms with van der Waals surface area (Å²) in [6, 6.07) is 0. The summed E-state index contributed by atoms with van der Waals surface area (Å²) in [6.07, 6.45) is -0.00134. The Morgan fingerprint density at radius 3 is 2.19 bits per heavy atom. The van der Waals surface area contributed by atoms with Gasteiger partial charge in [0.1, 0.15) is 0 Å². The maximum Gasteiger partial charge on any atom is 0.309 e. The van der Waals surface area contributed by atoms with Gasteiger partial charge in [-0.3, -0.25) is 19.3 Å². The predicted molar refractivity (Wildman–Crippen MR) is 77.7 cm³/mol. The minimum absolute atomic E-state index is 0.00134. The number of carbonyl (C=O) groups excluding carboxylic acids is 2. The van der Waals surface area contributed by atoms with E-state index in [2.05, 4.69) is 5.32 Å². The van der Waals surface area contributed by atoms with E-state index in [1.807, 2.05) is 11.8 Å². The van der Waals surface area contributed by atoms with E-state index in [1.54, 1.807) is 18.7 Å². The van der Waals surface area contributed by atoms with E-state index in [9.17, 15) is 14.4 Å². The molecule has 2 amide bonds. The highest BCUT2D eigenvalue weighted by Gasteiger charge is 2.33. The van der Waals surface area contributed by atoms with Crippen LogP contribution in [0, 0.1) is 5.41 Å². The summed E-state index contributed by atoms with van der Waals surface area (Å²) in [5.41, 5.74) is -1.05. The van der Waals surface area contributed by atoms with Crippen molar-refractivity contribution >= 4 is 17.8 Å². The fourth-order valence-corrected chi connectivity index (χ4v) is 2.18. The first-order chi connectivity index (χ1) is 9.76. The van der Waals surface area contributed by atoms with Crippen molar-refractivity contribution in [2.45, 2.75) is 27.2 Å². The van der Waals surface area contributed by atoms with Crippen LogP contribution >= 0.6 is 0 Å². The molecule has 0 radical (unpaired) electrons. The summed E-state index contributed by atoms with van der Waals surface area (Å²) in [6.45, 7) is 8.28. The highest BCUT2D eigenvalue weighted by atomic mass is 16.4. The zero-order valence-electron chi connectivity index (χ0n) is 13.0. The third kappa shape index (κ3) is 5.34. The quantitative estimate of drug-likeness (QED) is 0.707. The molecular formula is C14H25N3O4. The van der Waals surface area contributed by atoms with Crippen LogP contribution in [0.3, 0.4) is 0 Å². The molecule has 1 rings (SSSR count). The van der Waals surface area contributed by atoms with Gasteiger partial charge in [-0.25, -0.2) is 0 Å². The molecule has 1 aliphatic heterocycles.